The van der Waals surface area contributed by atoms with Crippen molar-refractivity contribution in [2.45, 2.75) is 45.9 Å². The van der Waals surface area contributed by atoms with Gasteiger partial charge >= 0.3 is 0 Å². The first-order valence-corrected chi connectivity index (χ1v) is 12.3. The molecule has 172 valence electrons. The van der Waals surface area contributed by atoms with Crippen molar-refractivity contribution in [2.24, 2.45) is 0 Å². The lowest BCUT2D eigenvalue weighted by Gasteiger charge is -2.34. The van der Waals surface area contributed by atoms with Crippen LogP contribution in [0.4, 0.5) is 5.82 Å². The van der Waals surface area contributed by atoms with Crippen molar-refractivity contribution in [3.05, 3.63) is 38.2 Å². The number of rotatable bonds is 7. The fourth-order valence-corrected chi connectivity index (χ4v) is 5.62. The van der Waals surface area contributed by atoms with Crippen LogP contribution in [0.2, 0.25) is 4.34 Å². The predicted molar refractivity (Wildman–Crippen MR) is 127 cm³/mol. The van der Waals surface area contributed by atoms with Crippen molar-refractivity contribution in [1.29, 1.82) is 5.26 Å². The van der Waals surface area contributed by atoms with E-state index < -0.39 is 0 Å². The van der Waals surface area contributed by atoms with Crippen molar-refractivity contribution in [1.82, 2.24) is 14.4 Å². The molecule has 32 heavy (non-hydrogen) atoms. The number of amides is 1. The highest BCUT2D eigenvalue weighted by Crippen LogP contribution is 2.28. The van der Waals surface area contributed by atoms with Crippen LogP contribution >= 0.6 is 22.9 Å². The Morgan fingerprint density at radius 3 is 2.66 bits per heavy atom. The number of carbonyl (C=O) groups excluding carboxylic acids is 1. The molecule has 0 radical (unpaired) electrons. The lowest BCUT2D eigenvalue weighted by atomic mass is 10.2. The van der Waals surface area contributed by atoms with Gasteiger partial charge in [-0.1, -0.05) is 11.6 Å². The summed E-state index contributed by atoms with van der Waals surface area (Å²) in [4.78, 5) is 18.7. The molecular formula is C23H30ClN5O2S. The third kappa shape index (κ3) is 5.36. The fraction of sp³-hybridized carbons (Fsp3) is 0.565. The second kappa shape index (κ2) is 10.4. The van der Waals surface area contributed by atoms with Crippen LogP contribution in [0.1, 0.15) is 34.5 Å². The van der Waals surface area contributed by atoms with E-state index in [0.717, 1.165) is 67.8 Å². The highest BCUT2D eigenvalue weighted by molar-refractivity contribution is 7.16. The number of piperazine rings is 1. The molecule has 0 saturated carbocycles. The smallest absolute Gasteiger partial charge is 0.239 e. The Balaban J connectivity index is 1.35. The fourth-order valence-electron chi connectivity index (χ4n) is 4.49. The molecule has 0 bridgehead atoms. The maximum atomic E-state index is 12.9. The van der Waals surface area contributed by atoms with E-state index in [4.69, 9.17) is 16.3 Å². The van der Waals surface area contributed by atoms with Gasteiger partial charge in [0.1, 0.15) is 11.9 Å². The number of thiophene rings is 1. The van der Waals surface area contributed by atoms with Crippen molar-refractivity contribution in [3.8, 4) is 6.07 Å². The average molecular weight is 476 g/mol. The van der Waals surface area contributed by atoms with E-state index in [-0.39, 0.29) is 12.0 Å². The van der Waals surface area contributed by atoms with Crippen LogP contribution in [0.25, 0.3) is 0 Å². The molecule has 2 fully saturated rings. The largest absolute Gasteiger partial charge is 0.376 e. The number of halogens is 1. The number of nitrogens with zero attached hydrogens (tertiary/aromatic N) is 4. The first-order valence-electron chi connectivity index (χ1n) is 11.1. The van der Waals surface area contributed by atoms with Crippen molar-refractivity contribution in [3.63, 3.8) is 0 Å². The van der Waals surface area contributed by atoms with Gasteiger partial charge in [-0.2, -0.15) is 5.26 Å². The number of nitriles is 1. The van der Waals surface area contributed by atoms with Crippen molar-refractivity contribution in [2.75, 3.05) is 44.6 Å². The molecule has 1 N–H and O–H groups in total. The number of ether oxygens (including phenoxy) is 1. The monoisotopic (exact) mass is 475 g/mol. The molecule has 9 heteroatoms. The first-order chi connectivity index (χ1) is 15.4. The van der Waals surface area contributed by atoms with Crippen molar-refractivity contribution >= 4 is 34.7 Å². The molecule has 7 nitrogen and oxygen atoms in total. The van der Waals surface area contributed by atoms with Gasteiger partial charge in [0.2, 0.25) is 5.91 Å². The van der Waals surface area contributed by atoms with Gasteiger partial charge < -0.3 is 14.6 Å². The third-order valence-corrected chi connectivity index (χ3v) is 7.67. The molecule has 0 spiro atoms. The Morgan fingerprint density at radius 2 is 2.03 bits per heavy atom. The number of nitrogens with one attached hydrogen (secondary N) is 1. The van der Waals surface area contributed by atoms with E-state index in [1.54, 1.807) is 11.3 Å². The molecule has 1 unspecified atom stereocenters. The van der Waals surface area contributed by atoms with Gasteiger partial charge in [0.15, 0.2) is 0 Å². The van der Waals surface area contributed by atoms with Crippen LogP contribution in [-0.4, -0.2) is 65.7 Å². The van der Waals surface area contributed by atoms with Crippen LogP contribution in [0.15, 0.2) is 12.1 Å². The zero-order valence-corrected chi connectivity index (χ0v) is 20.3. The van der Waals surface area contributed by atoms with E-state index in [2.05, 4.69) is 27.3 Å². The molecule has 1 atom stereocenters. The molecule has 2 aliphatic heterocycles. The summed E-state index contributed by atoms with van der Waals surface area (Å²) in [5.74, 6) is 0.530. The highest BCUT2D eigenvalue weighted by atomic mass is 35.5. The highest BCUT2D eigenvalue weighted by Gasteiger charge is 2.25. The molecule has 4 rings (SSSR count). The zero-order valence-electron chi connectivity index (χ0n) is 18.7. The lowest BCUT2D eigenvalue weighted by molar-refractivity contribution is -0.117. The quantitative estimate of drug-likeness (QED) is 0.662. The summed E-state index contributed by atoms with van der Waals surface area (Å²) < 4.78 is 8.66. The average Bonchev–Trinajstić information content (AvgIpc) is 3.48. The molecule has 2 aliphatic rings. The van der Waals surface area contributed by atoms with Gasteiger partial charge in [-0.25, -0.2) is 0 Å². The van der Waals surface area contributed by atoms with E-state index >= 15 is 0 Å². The lowest BCUT2D eigenvalue weighted by Crippen LogP contribution is -2.48. The van der Waals surface area contributed by atoms with Crippen LogP contribution in [-0.2, 0) is 22.6 Å². The van der Waals surface area contributed by atoms with Gasteiger partial charge in [-0.05, 0) is 44.4 Å². The Kier molecular flexibility index (Phi) is 7.54. The topological polar surface area (TPSA) is 73.5 Å². The number of hydrogen-bond donors (Lipinski definition) is 1. The molecule has 2 saturated heterocycles. The summed E-state index contributed by atoms with van der Waals surface area (Å²) in [6.07, 6.45) is 2.20. The summed E-state index contributed by atoms with van der Waals surface area (Å²) in [5, 5.41) is 12.8. The van der Waals surface area contributed by atoms with E-state index in [9.17, 15) is 10.1 Å². The predicted octanol–water partition coefficient (Wildman–Crippen LogP) is 3.63. The van der Waals surface area contributed by atoms with Crippen molar-refractivity contribution < 1.29 is 9.53 Å². The molecular weight excluding hydrogens is 446 g/mol. The second-order valence-corrected chi connectivity index (χ2v) is 10.4. The Labute approximate surface area is 198 Å². The number of anilines is 1. The summed E-state index contributed by atoms with van der Waals surface area (Å²) in [6, 6.07) is 6.30. The van der Waals surface area contributed by atoms with Crippen LogP contribution in [0.3, 0.4) is 0 Å². The minimum absolute atomic E-state index is 0.0777. The van der Waals surface area contributed by atoms with Gasteiger partial charge in [-0.15, -0.1) is 11.3 Å². The van der Waals surface area contributed by atoms with E-state index in [1.807, 2.05) is 24.5 Å². The minimum Gasteiger partial charge on any atom is -0.376 e. The van der Waals surface area contributed by atoms with Gasteiger partial charge in [0.05, 0.1) is 29.1 Å². The Bertz CT molecular complexity index is 997. The molecule has 0 aromatic carbocycles. The summed E-state index contributed by atoms with van der Waals surface area (Å²) >= 11 is 7.66. The Hall–Kier alpha value is -1.89. The number of aromatic nitrogens is 1. The van der Waals surface area contributed by atoms with E-state index in [1.165, 1.54) is 4.88 Å². The number of carbonyl (C=O) groups is 1. The minimum atomic E-state index is -0.0777. The molecule has 0 aliphatic carbocycles. The Morgan fingerprint density at radius 1 is 1.28 bits per heavy atom. The number of hydrogen-bond acceptors (Lipinski definition) is 6. The van der Waals surface area contributed by atoms with E-state index in [0.29, 0.717) is 24.5 Å². The first kappa shape index (κ1) is 23.3. The van der Waals surface area contributed by atoms with Crippen LogP contribution in [0, 0.1) is 25.2 Å². The second-order valence-electron chi connectivity index (χ2n) is 8.60. The summed E-state index contributed by atoms with van der Waals surface area (Å²) in [7, 11) is 0. The molecule has 4 heterocycles. The molecule has 2 aromatic rings. The van der Waals surface area contributed by atoms with Gasteiger partial charge in [0.25, 0.3) is 0 Å². The molecule has 1 amide bonds. The van der Waals surface area contributed by atoms with Gasteiger partial charge in [0, 0.05) is 49.9 Å². The third-order valence-electron chi connectivity index (χ3n) is 6.45. The standard InChI is InChI=1S/C23H30ClN5O2S/c1-16-17(2)29(13-18-4-3-11-31-18)23(20(16)12-25)26-22(30)15-28-9-7-27(8-10-28)14-19-5-6-21(24)32-19/h5-6,18H,3-4,7-11,13-15H2,1-2H3,(H,26,30). The zero-order chi connectivity index (χ0) is 22.7. The summed E-state index contributed by atoms with van der Waals surface area (Å²) in [6.45, 7) is 10.1. The van der Waals surface area contributed by atoms with Gasteiger partial charge in [-0.3, -0.25) is 14.6 Å². The SMILES string of the molecule is Cc1c(C#N)c(NC(=O)CN2CCN(Cc3ccc(Cl)s3)CC2)n(CC2CCCO2)c1C. The van der Waals surface area contributed by atoms with Crippen LogP contribution in [0.5, 0.6) is 0 Å². The normalized spacial score (nSPS) is 19.9. The van der Waals surface area contributed by atoms with Crippen LogP contribution < -0.4 is 5.32 Å². The molecule has 2 aromatic heterocycles. The summed E-state index contributed by atoms with van der Waals surface area (Å²) in [5.41, 5.74) is 2.48. The maximum absolute atomic E-state index is 12.9. The maximum Gasteiger partial charge on any atom is 0.239 e.